The number of ether oxygens (including phenoxy) is 1. The highest BCUT2D eigenvalue weighted by Crippen LogP contribution is 2.23. The zero-order valence-corrected chi connectivity index (χ0v) is 17.7. The van der Waals surface area contributed by atoms with Crippen LogP contribution in [0.3, 0.4) is 0 Å². The van der Waals surface area contributed by atoms with Crippen LogP contribution in [0.2, 0.25) is 0 Å². The lowest BCUT2D eigenvalue weighted by Crippen LogP contribution is -2.13. The van der Waals surface area contributed by atoms with Gasteiger partial charge < -0.3 is 4.74 Å². The van der Waals surface area contributed by atoms with Crippen molar-refractivity contribution in [1.82, 2.24) is 0 Å². The molecule has 0 aromatic carbocycles. The molecule has 1 heteroatoms. The van der Waals surface area contributed by atoms with E-state index in [-0.39, 0.29) is 0 Å². The molecule has 1 unspecified atom stereocenters. The van der Waals surface area contributed by atoms with Gasteiger partial charge in [0.05, 0.1) is 0 Å². The highest BCUT2D eigenvalue weighted by atomic mass is 16.5. The van der Waals surface area contributed by atoms with Gasteiger partial charge >= 0.3 is 0 Å². The lowest BCUT2D eigenvalue weighted by atomic mass is 9.90. The Labute approximate surface area is 164 Å². The second kappa shape index (κ2) is 15.3. The van der Waals surface area contributed by atoms with Crippen LogP contribution in [0.5, 0.6) is 0 Å². The first-order chi connectivity index (χ1) is 12.6. The van der Waals surface area contributed by atoms with E-state index in [0.29, 0.717) is 5.92 Å². The van der Waals surface area contributed by atoms with Crippen LogP contribution in [-0.2, 0) is 4.74 Å². The lowest BCUT2D eigenvalue weighted by molar-refractivity contribution is 0.0824. The van der Waals surface area contributed by atoms with Gasteiger partial charge in [-0.05, 0) is 50.4 Å². The van der Waals surface area contributed by atoms with Crippen molar-refractivity contribution in [2.75, 3.05) is 13.2 Å². The zero-order chi connectivity index (χ0) is 19.0. The van der Waals surface area contributed by atoms with E-state index < -0.39 is 0 Å². The molecule has 1 atom stereocenters. The molecule has 0 aliphatic heterocycles. The average molecular weight is 361 g/mol. The SMILES string of the molecule is C=C(/C=C\C(=C)C(C)CC)CCCCCCCCOCC1CCCCC1. The standard InChI is InChI=1S/C25H44O/c1-5-23(3)24(4)19-18-22(2)15-11-8-6-7-9-14-20-26-21-25-16-12-10-13-17-25/h18-19,23,25H,2,4-17,20-21H2,1,3H3/b19-18-. The first-order valence-electron chi connectivity index (χ1n) is 11.3. The van der Waals surface area contributed by atoms with Crippen LogP contribution in [0.15, 0.2) is 36.5 Å². The molecule has 0 aromatic rings. The van der Waals surface area contributed by atoms with Gasteiger partial charge in [-0.1, -0.05) is 95.2 Å². The lowest BCUT2D eigenvalue weighted by Gasteiger charge is -2.21. The molecule has 0 amide bonds. The molecule has 0 aromatic heterocycles. The van der Waals surface area contributed by atoms with Crippen molar-refractivity contribution >= 4 is 0 Å². The summed E-state index contributed by atoms with van der Waals surface area (Å²) < 4.78 is 5.88. The van der Waals surface area contributed by atoms with Crippen LogP contribution in [0.1, 0.15) is 97.3 Å². The smallest absolute Gasteiger partial charge is 0.0494 e. The van der Waals surface area contributed by atoms with Gasteiger partial charge in [-0.3, -0.25) is 0 Å². The Bertz CT molecular complexity index is 400. The second-order valence-corrected chi connectivity index (χ2v) is 8.33. The van der Waals surface area contributed by atoms with Crippen LogP contribution in [0.25, 0.3) is 0 Å². The van der Waals surface area contributed by atoms with Crippen LogP contribution in [0, 0.1) is 11.8 Å². The number of allylic oxidation sites excluding steroid dienone is 4. The molecule has 0 radical (unpaired) electrons. The van der Waals surface area contributed by atoms with Crippen molar-refractivity contribution in [3.8, 4) is 0 Å². The highest BCUT2D eigenvalue weighted by molar-refractivity contribution is 5.25. The average Bonchev–Trinajstić information content (AvgIpc) is 2.67. The molecule has 0 bridgehead atoms. The Morgan fingerprint density at radius 1 is 0.962 bits per heavy atom. The van der Waals surface area contributed by atoms with Gasteiger partial charge in [0.1, 0.15) is 0 Å². The first kappa shape index (κ1) is 23.2. The number of hydrogen-bond acceptors (Lipinski definition) is 1. The predicted molar refractivity (Wildman–Crippen MR) is 117 cm³/mol. The summed E-state index contributed by atoms with van der Waals surface area (Å²) in [6, 6.07) is 0. The molecule has 150 valence electrons. The summed E-state index contributed by atoms with van der Waals surface area (Å²) in [5.74, 6) is 1.43. The summed E-state index contributed by atoms with van der Waals surface area (Å²) in [6.07, 6.45) is 21.5. The van der Waals surface area contributed by atoms with Crippen molar-refractivity contribution < 1.29 is 4.74 Å². The first-order valence-corrected chi connectivity index (χ1v) is 11.3. The van der Waals surface area contributed by atoms with E-state index in [2.05, 4.69) is 39.2 Å². The maximum Gasteiger partial charge on any atom is 0.0494 e. The minimum absolute atomic E-state index is 0.575. The molecule has 1 aliphatic carbocycles. The topological polar surface area (TPSA) is 9.23 Å². The fourth-order valence-electron chi connectivity index (χ4n) is 3.60. The van der Waals surface area contributed by atoms with E-state index in [0.717, 1.165) is 32.0 Å². The van der Waals surface area contributed by atoms with E-state index in [1.165, 1.54) is 81.8 Å². The molecule has 0 N–H and O–H groups in total. The van der Waals surface area contributed by atoms with Crippen LogP contribution < -0.4 is 0 Å². The Morgan fingerprint density at radius 3 is 2.31 bits per heavy atom. The number of rotatable bonds is 15. The molecule has 26 heavy (non-hydrogen) atoms. The van der Waals surface area contributed by atoms with E-state index in [9.17, 15) is 0 Å². The Morgan fingerprint density at radius 2 is 1.62 bits per heavy atom. The predicted octanol–water partition coefficient (Wildman–Crippen LogP) is 8.03. The molecular formula is C25H44O. The fraction of sp³-hybridized carbons (Fsp3) is 0.760. The van der Waals surface area contributed by atoms with Crippen molar-refractivity contribution in [2.24, 2.45) is 11.8 Å². The molecule has 1 rings (SSSR count). The third-order valence-electron chi connectivity index (χ3n) is 5.89. The van der Waals surface area contributed by atoms with Gasteiger partial charge in [-0.2, -0.15) is 0 Å². The van der Waals surface area contributed by atoms with E-state index in [4.69, 9.17) is 4.74 Å². The van der Waals surface area contributed by atoms with Crippen molar-refractivity contribution in [3.05, 3.63) is 36.5 Å². The largest absolute Gasteiger partial charge is 0.381 e. The Kier molecular flexibility index (Phi) is 13.6. The zero-order valence-electron chi connectivity index (χ0n) is 17.7. The van der Waals surface area contributed by atoms with E-state index >= 15 is 0 Å². The minimum atomic E-state index is 0.575. The summed E-state index contributed by atoms with van der Waals surface area (Å²) in [5.41, 5.74) is 2.46. The normalized spacial score (nSPS) is 16.8. The van der Waals surface area contributed by atoms with Crippen molar-refractivity contribution in [2.45, 2.75) is 97.3 Å². The summed E-state index contributed by atoms with van der Waals surface area (Å²) in [4.78, 5) is 0. The third-order valence-corrected chi connectivity index (χ3v) is 5.89. The van der Waals surface area contributed by atoms with Gasteiger partial charge in [0.15, 0.2) is 0 Å². The maximum absolute atomic E-state index is 5.88. The summed E-state index contributed by atoms with van der Waals surface area (Å²) in [6.45, 7) is 14.7. The Balaban J connectivity index is 1.87. The highest BCUT2D eigenvalue weighted by Gasteiger charge is 2.12. The van der Waals surface area contributed by atoms with Gasteiger partial charge in [-0.15, -0.1) is 0 Å². The summed E-state index contributed by atoms with van der Waals surface area (Å²) >= 11 is 0. The van der Waals surface area contributed by atoms with Gasteiger partial charge in [0.2, 0.25) is 0 Å². The molecule has 1 nitrogen and oxygen atoms in total. The van der Waals surface area contributed by atoms with Crippen LogP contribution in [0.4, 0.5) is 0 Å². The minimum Gasteiger partial charge on any atom is -0.381 e. The molecule has 1 saturated carbocycles. The monoisotopic (exact) mass is 360 g/mol. The molecule has 1 aliphatic rings. The molecular weight excluding hydrogens is 316 g/mol. The quantitative estimate of drug-likeness (QED) is 0.212. The van der Waals surface area contributed by atoms with Crippen molar-refractivity contribution in [1.29, 1.82) is 0 Å². The Hall–Kier alpha value is -0.820. The maximum atomic E-state index is 5.88. The molecule has 0 saturated heterocycles. The van der Waals surface area contributed by atoms with E-state index in [1.54, 1.807) is 0 Å². The molecule has 0 spiro atoms. The number of hydrogen-bond donors (Lipinski definition) is 0. The van der Waals surface area contributed by atoms with Gasteiger partial charge in [0, 0.05) is 13.2 Å². The van der Waals surface area contributed by atoms with E-state index in [1.807, 2.05) is 0 Å². The van der Waals surface area contributed by atoms with Crippen LogP contribution in [-0.4, -0.2) is 13.2 Å². The third kappa shape index (κ3) is 11.7. The van der Waals surface area contributed by atoms with Gasteiger partial charge in [-0.25, -0.2) is 0 Å². The molecule has 1 fully saturated rings. The fourth-order valence-corrected chi connectivity index (χ4v) is 3.60. The summed E-state index contributed by atoms with van der Waals surface area (Å²) in [7, 11) is 0. The summed E-state index contributed by atoms with van der Waals surface area (Å²) in [5, 5.41) is 0. The second-order valence-electron chi connectivity index (χ2n) is 8.33. The van der Waals surface area contributed by atoms with Crippen molar-refractivity contribution in [3.63, 3.8) is 0 Å². The van der Waals surface area contributed by atoms with Gasteiger partial charge in [0.25, 0.3) is 0 Å². The number of unbranched alkanes of at least 4 members (excludes halogenated alkanes) is 5. The van der Waals surface area contributed by atoms with Crippen LogP contribution >= 0.6 is 0 Å². The molecule has 0 heterocycles.